The van der Waals surface area contributed by atoms with Gasteiger partial charge in [-0.1, -0.05) is 11.6 Å². The second-order valence-electron chi connectivity index (χ2n) is 4.77. The van der Waals surface area contributed by atoms with Gasteiger partial charge in [0.25, 0.3) is 5.91 Å². The van der Waals surface area contributed by atoms with Crippen molar-refractivity contribution in [3.05, 3.63) is 40.7 Å². The molecular formula is C14H17FN2O. The van der Waals surface area contributed by atoms with Crippen molar-refractivity contribution in [2.75, 3.05) is 18.8 Å². The molecule has 0 aromatic heterocycles. The van der Waals surface area contributed by atoms with Gasteiger partial charge in [-0.25, -0.2) is 4.39 Å². The molecule has 18 heavy (non-hydrogen) atoms. The molecule has 0 radical (unpaired) electrons. The van der Waals surface area contributed by atoms with Gasteiger partial charge < -0.3 is 10.6 Å². The van der Waals surface area contributed by atoms with Crippen LogP contribution in [-0.4, -0.2) is 23.9 Å². The van der Waals surface area contributed by atoms with Crippen molar-refractivity contribution < 1.29 is 9.18 Å². The summed E-state index contributed by atoms with van der Waals surface area (Å²) in [7, 11) is 0. The van der Waals surface area contributed by atoms with Gasteiger partial charge in [-0.3, -0.25) is 4.79 Å². The minimum Gasteiger partial charge on any atom is -0.399 e. The number of aryl methyl sites for hydroxylation is 1. The highest BCUT2D eigenvalue weighted by Gasteiger charge is 2.22. The maximum Gasteiger partial charge on any atom is 0.257 e. The fourth-order valence-corrected chi connectivity index (χ4v) is 2.21. The quantitative estimate of drug-likeness (QED) is 0.613. The van der Waals surface area contributed by atoms with Gasteiger partial charge in [-0.05, 0) is 38.0 Å². The van der Waals surface area contributed by atoms with E-state index in [0.717, 1.165) is 12.0 Å². The lowest BCUT2D eigenvalue weighted by atomic mass is 10.1. The molecule has 0 aliphatic carbocycles. The first-order chi connectivity index (χ1) is 8.49. The summed E-state index contributed by atoms with van der Waals surface area (Å²) in [5.74, 6) is -0.753. The van der Waals surface area contributed by atoms with Crippen LogP contribution in [0, 0.1) is 12.7 Å². The van der Waals surface area contributed by atoms with Crippen LogP contribution in [0.25, 0.3) is 0 Å². The molecule has 1 aromatic carbocycles. The van der Waals surface area contributed by atoms with E-state index >= 15 is 0 Å². The van der Waals surface area contributed by atoms with Crippen molar-refractivity contribution >= 4 is 11.6 Å². The molecule has 0 atom stereocenters. The van der Waals surface area contributed by atoms with E-state index in [4.69, 9.17) is 5.73 Å². The van der Waals surface area contributed by atoms with E-state index in [0.29, 0.717) is 24.3 Å². The zero-order valence-electron chi connectivity index (χ0n) is 10.7. The van der Waals surface area contributed by atoms with Crippen molar-refractivity contribution in [2.45, 2.75) is 20.3 Å². The van der Waals surface area contributed by atoms with Crippen LogP contribution in [0.5, 0.6) is 0 Å². The average molecular weight is 248 g/mol. The fraction of sp³-hybridized carbons (Fsp3) is 0.357. The van der Waals surface area contributed by atoms with E-state index in [9.17, 15) is 9.18 Å². The molecule has 4 heteroatoms. The molecule has 2 rings (SSSR count). The van der Waals surface area contributed by atoms with Gasteiger partial charge in [0.15, 0.2) is 0 Å². The number of nitrogens with zero attached hydrogens (tertiary/aromatic N) is 1. The number of nitrogens with two attached hydrogens (primary N) is 1. The Morgan fingerprint density at radius 3 is 2.78 bits per heavy atom. The number of amides is 1. The van der Waals surface area contributed by atoms with Gasteiger partial charge in [0.1, 0.15) is 5.82 Å². The molecule has 1 heterocycles. The average Bonchev–Trinajstić information content (AvgIpc) is 2.33. The number of hydrogen-bond donors (Lipinski definition) is 1. The number of carbonyl (C=O) groups is 1. The lowest BCUT2D eigenvalue weighted by Crippen LogP contribution is -2.36. The van der Waals surface area contributed by atoms with Crippen molar-refractivity contribution in [1.29, 1.82) is 0 Å². The van der Waals surface area contributed by atoms with E-state index in [1.165, 1.54) is 12.1 Å². The minimum atomic E-state index is -0.471. The molecular weight excluding hydrogens is 231 g/mol. The molecule has 0 saturated heterocycles. The predicted molar refractivity (Wildman–Crippen MR) is 69.8 cm³/mol. The monoisotopic (exact) mass is 248 g/mol. The highest BCUT2D eigenvalue weighted by molar-refractivity contribution is 5.95. The van der Waals surface area contributed by atoms with E-state index in [1.807, 2.05) is 6.92 Å². The second kappa shape index (κ2) is 4.80. The van der Waals surface area contributed by atoms with Gasteiger partial charge >= 0.3 is 0 Å². The lowest BCUT2D eigenvalue weighted by molar-refractivity contribution is 0.0761. The van der Waals surface area contributed by atoms with Crippen LogP contribution >= 0.6 is 0 Å². The molecule has 0 fully saturated rings. The van der Waals surface area contributed by atoms with Crippen molar-refractivity contribution in [2.24, 2.45) is 0 Å². The highest BCUT2D eigenvalue weighted by Crippen LogP contribution is 2.20. The largest absolute Gasteiger partial charge is 0.399 e. The van der Waals surface area contributed by atoms with Gasteiger partial charge in [-0.2, -0.15) is 0 Å². The van der Waals surface area contributed by atoms with Crippen molar-refractivity contribution in [1.82, 2.24) is 4.90 Å². The Morgan fingerprint density at radius 1 is 1.39 bits per heavy atom. The molecule has 3 nitrogen and oxygen atoms in total. The summed E-state index contributed by atoms with van der Waals surface area (Å²) < 4.78 is 14.0. The number of halogens is 1. The molecule has 2 N–H and O–H groups in total. The standard InChI is InChI=1S/C14H17FN2O/c1-9-4-3-5-17(8-9)14(18)12-7-11(16)6-10(2)13(12)15/h4,6-7H,3,5,8,16H2,1-2H3. The van der Waals surface area contributed by atoms with Gasteiger partial charge in [0.2, 0.25) is 0 Å². The summed E-state index contributed by atoms with van der Waals surface area (Å²) in [5.41, 5.74) is 7.70. The molecule has 1 aliphatic rings. The van der Waals surface area contributed by atoms with Gasteiger partial charge in [0.05, 0.1) is 5.56 Å². The molecule has 1 amide bonds. The topological polar surface area (TPSA) is 46.3 Å². The summed E-state index contributed by atoms with van der Waals surface area (Å²) >= 11 is 0. The maximum atomic E-state index is 14.0. The van der Waals surface area contributed by atoms with Crippen molar-refractivity contribution in [3.63, 3.8) is 0 Å². The maximum absolute atomic E-state index is 14.0. The minimum absolute atomic E-state index is 0.0715. The molecule has 0 bridgehead atoms. The van der Waals surface area contributed by atoms with Crippen LogP contribution in [0.3, 0.4) is 0 Å². The van der Waals surface area contributed by atoms with Crippen molar-refractivity contribution in [3.8, 4) is 0 Å². The molecule has 0 spiro atoms. The second-order valence-corrected chi connectivity index (χ2v) is 4.77. The Bertz CT molecular complexity index is 523. The molecule has 96 valence electrons. The summed E-state index contributed by atoms with van der Waals surface area (Å²) in [6, 6.07) is 2.95. The molecule has 0 unspecified atom stereocenters. The van der Waals surface area contributed by atoms with Crippen LogP contribution in [0.2, 0.25) is 0 Å². The van der Waals surface area contributed by atoms with Crippen LogP contribution in [-0.2, 0) is 0 Å². The molecule has 1 aromatic rings. The van der Waals surface area contributed by atoms with Gasteiger partial charge in [0, 0.05) is 18.8 Å². The van der Waals surface area contributed by atoms with Crippen LogP contribution in [0.1, 0.15) is 29.3 Å². The van der Waals surface area contributed by atoms with Crippen LogP contribution < -0.4 is 5.73 Å². The third-order valence-electron chi connectivity index (χ3n) is 3.13. The fourth-order valence-electron chi connectivity index (χ4n) is 2.21. The summed E-state index contributed by atoms with van der Waals surface area (Å²) in [5, 5.41) is 0. The van der Waals surface area contributed by atoms with E-state index in [1.54, 1.807) is 11.8 Å². The van der Waals surface area contributed by atoms with E-state index in [2.05, 4.69) is 6.08 Å². The molecule has 0 saturated carbocycles. The van der Waals surface area contributed by atoms with E-state index < -0.39 is 5.82 Å². The summed E-state index contributed by atoms with van der Waals surface area (Å²) in [4.78, 5) is 13.9. The number of hydrogen-bond acceptors (Lipinski definition) is 2. The zero-order chi connectivity index (χ0) is 13.3. The first kappa shape index (κ1) is 12.6. The third kappa shape index (κ3) is 2.37. The SMILES string of the molecule is CC1=CCCN(C(=O)c2cc(N)cc(C)c2F)C1. The summed E-state index contributed by atoms with van der Waals surface area (Å²) in [6.45, 7) is 4.78. The predicted octanol–water partition coefficient (Wildman–Crippen LogP) is 2.51. The first-order valence-corrected chi connectivity index (χ1v) is 5.99. The zero-order valence-corrected chi connectivity index (χ0v) is 10.7. The van der Waals surface area contributed by atoms with Crippen LogP contribution in [0.4, 0.5) is 10.1 Å². The van der Waals surface area contributed by atoms with Gasteiger partial charge in [-0.15, -0.1) is 0 Å². The normalized spacial score (nSPS) is 15.5. The Hall–Kier alpha value is -1.84. The molecule has 1 aliphatic heterocycles. The van der Waals surface area contributed by atoms with E-state index in [-0.39, 0.29) is 11.5 Å². The Balaban J connectivity index is 2.32. The Kier molecular flexibility index (Phi) is 3.36. The number of anilines is 1. The third-order valence-corrected chi connectivity index (χ3v) is 3.13. The number of rotatable bonds is 1. The highest BCUT2D eigenvalue weighted by atomic mass is 19.1. The lowest BCUT2D eigenvalue weighted by Gasteiger charge is -2.26. The summed E-state index contributed by atoms with van der Waals surface area (Å²) in [6.07, 6.45) is 2.92. The first-order valence-electron chi connectivity index (χ1n) is 5.99. The number of nitrogen functional groups attached to an aromatic ring is 1. The van der Waals surface area contributed by atoms with Crippen LogP contribution in [0.15, 0.2) is 23.8 Å². The number of benzene rings is 1. The Morgan fingerprint density at radius 2 is 2.11 bits per heavy atom. The number of carbonyl (C=O) groups excluding carboxylic acids is 1. The Labute approximate surface area is 106 Å². The smallest absolute Gasteiger partial charge is 0.257 e.